The fraction of sp³-hybridized carbons (Fsp3) is 0.692. The molecule has 0 spiro atoms. The van der Waals surface area contributed by atoms with Crippen LogP contribution in [-0.4, -0.2) is 42.1 Å². The summed E-state index contributed by atoms with van der Waals surface area (Å²) in [6.07, 6.45) is 2.19. The average Bonchev–Trinajstić information content (AvgIpc) is 2.94. The maximum absolute atomic E-state index is 12.3. The standard InChI is InChI=1S/C13H19N3O2/c1-9-6-12(15-18-9)13(17)16-4-2-10-7-14-8-11(10)3-5-16/h6,10-11,14H,2-5,7-8H2,1H3/t10-,11+. The number of aryl methyl sites for hydroxylation is 1. The molecule has 0 unspecified atom stereocenters. The van der Waals surface area contributed by atoms with E-state index >= 15 is 0 Å². The lowest BCUT2D eigenvalue weighted by Crippen LogP contribution is -2.32. The van der Waals surface area contributed by atoms with Gasteiger partial charge in [0.1, 0.15) is 5.76 Å². The largest absolute Gasteiger partial charge is 0.361 e. The lowest BCUT2D eigenvalue weighted by molar-refractivity contribution is 0.0748. The van der Waals surface area contributed by atoms with E-state index in [-0.39, 0.29) is 5.91 Å². The molecule has 2 saturated heterocycles. The summed E-state index contributed by atoms with van der Waals surface area (Å²) in [5, 5.41) is 7.26. The van der Waals surface area contributed by atoms with Gasteiger partial charge in [0, 0.05) is 19.2 Å². The zero-order chi connectivity index (χ0) is 12.5. The molecule has 2 aliphatic heterocycles. The molecular formula is C13H19N3O2. The zero-order valence-corrected chi connectivity index (χ0v) is 10.7. The molecule has 3 rings (SSSR count). The van der Waals surface area contributed by atoms with Gasteiger partial charge in [0.25, 0.3) is 5.91 Å². The Morgan fingerprint density at radius 1 is 1.39 bits per heavy atom. The topological polar surface area (TPSA) is 58.4 Å². The number of carbonyl (C=O) groups excluding carboxylic acids is 1. The van der Waals surface area contributed by atoms with Crippen LogP contribution in [0.15, 0.2) is 10.6 Å². The minimum Gasteiger partial charge on any atom is -0.361 e. The van der Waals surface area contributed by atoms with Gasteiger partial charge in [0.2, 0.25) is 0 Å². The molecule has 0 aliphatic carbocycles. The Bertz CT molecular complexity index is 429. The van der Waals surface area contributed by atoms with E-state index in [9.17, 15) is 4.79 Å². The number of likely N-dealkylation sites (tertiary alicyclic amines) is 1. The number of fused-ring (bicyclic) bond motifs is 1. The maximum atomic E-state index is 12.3. The van der Waals surface area contributed by atoms with Crippen LogP contribution in [0.4, 0.5) is 0 Å². The van der Waals surface area contributed by atoms with Crippen LogP contribution in [0.1, 0.15) is 29.1 Å². The number of carbonyl (C=O) groups is 1. The summed E-state index contributed by atoms with van der Waals surface area (Å²) in [6, 6.07) is 1.72. The molecular weight excluding hydrogens is 230 g/mol. The van der Waals surface area contributed by atoms with E-state index in [4.69, 9.17) is 4.52 Å². The van der Waals surface area contributed by atoms with Crippen molar-refractivity contribution < 1.29 is 9.32 Å². The van der Waals surface area contributed by atoms with E-state index in [0.29, 0.717) is 11.5 Å². The summed E-state index contributed by atoms with van der Waals surface area (Å²) in [6.45, 7) is 5.70. The van der Waals surface area contributed by atoms with Gasteiger partial charge in [-0.1, -0.05) is 5.16 Å². The molecule has 2 fully saturated rings. The maximum Gasteiger partial charge on any atom is 0.276 e. The zero-order valence-electron chi connectivity index (χ0n) is 10.7. The van der Waals surface area contributed by atoms with Crippen molar-refractivity contribution in [2.24, 2.45) is 11.8 Å². The van der Waals surface area contributed by atoms with Crippen LogP contribution in [0.5, 0.6) is 0 Å². The average molecular weight is 249 g/mol. The first kappa shape index (κ1) is 11.7. The fourth-order valence-corrected chi connectivity index (χ4v) is 3.05. The summed E-state index contributed by atoms with van der Waals surface area (Å²) in [4.78, 5) is 14.2. The molecule has 1 aromatic rings. The Morgan fingerprint density at radius 2 is 2.06 bits per heavy atom. The quantitative estimate of drug-likeness (QED) is 0.808. The Kier molecular flexibility index (Phi) is 3.07. The Balaban J connectivity index is 1.68. The lowest BCUT2D eigenvalue weighted by atomic mass is 9.92. The SMILES string of the molecule is Cc1cc(C(=O)N2CC[C@@H]3CNC[C@@H]3CC2)no1. The first-order valence-corrected chi connectivity index (χ1v) is 6.67. The van der Waals surface area contributed by atoms with Crippen LogP contribution in [0.2, 0.25) is 0 Å². The van der Waals surface area contributed by atoms with Gasteiger partial charge in [0.15, 0.2) is 5.69 Å². The Morgan fingerprint density at radius 3 is 2.61 bits per heavy atom. The number of amides is 1. The van der Waals surface area contributed by atoms with Crippen LogP contribution in [0.25, 0.3) is 0 Å². The number of nitrogens with zero attached hydrogens (tertiary/aromatic N) is 2. The Hall–Kier alpha value is -1.36. The second-order valence-electron chi connectivity index (χ2n) is 5.37. The van der Waals surface area contributed by atoms with Crippen molar-refractivity contribution in [1.29, 1.82) is 0 Å². The molecule has 5 nitrogen and oxygen atoms in total. The van der Waals surface area contributed by atoms with Crippen LogP contribution >= 0.6 is 0 Å². The highest BCUT2D eigenvalue weighted by molar-refractivity contribution is 5.92. The highest BCUT2D eigenvalue weighted by Gasteiger charge is 2.32. The molecule has 0 saturated carbocycles. The first-order valence-electron chi connectivity index (χ1n) is 6.67. The van der Waals surface area contributed by atoms with Gasteiger partial charge in [-0.05, 0) is 44.7 Å². The van der Waals surface area contributed by atoms with Gasteiger partial charge in [-0.2, -0.15) is 0 Å². The molecule has 0 radical (unpaired) electrons. The highest BCUT2D eigenvalue weighted by Crippen LogP contribution is 2.27. The number of aromatic nitrogens is 1. The van der Waals surface area contributed by atoms with Crippen LogP contribution < -0.4 is 5.32 Å². The summed E-state index contributed by atoms with van der Waals surface area (Å²) < 4.78 is 4.97. The minimum absolute atomic E-state index is 0.0137. The predicted molar refractivity (Wildman–Crippen MR) is 66.2 cm³/mol. The van der Waals surface area contributed by atoms with Crippen molar-refractivity contribution in [3.63, 3.8) is 0 Å². The van der Waals surface area contributed by atoms with Gasteiger partial charge in [0.05, 0.1) is 0 Å². The monoisotopic (exact) mass is 249 g/mol. The third-order valence-corrected chi connectivity index (χ3v) is 4.15. The second kappa shape index (κ2) is 4.72. The van der Waals surface area contributed by atoms with E-state index < -0.39 is 0 Å². The number of nitrogens with one attached hydrogen (secondary N) is 1. The van der Waals surface area contributed by atoms with Gasteiger partial charge in [-0.15, -0.1) is 0 Å². The second-order valence-corrected chi connectivity index (χ2v) is 5.37. The number of hydrogen-bond donors (Lipinski definition) is 1. The van der Waals surface area contributed by atoms with Crippen LogP contribution in [-0.2, 0) is 0 Å². The molecule has 1 amide bonds. The van der Waals surface area contributed by atoms with Gasteiger partial charge >= 0.3 is 0 Å². The molecule has 1 aromatic heterocycles. The number of rotatable bonds is 1. The van der Waals surface area contributed by atoms with E-state index in [2.05, 4.69) is 10.5 Å². The molecule has 3 heterocycles. The van der Waals surface area contributed by atoms with Crippen molar-refractivity contribution >= 4 is 5.91 Å². The fourth-order valence-electron chi connectivity index (χ4n) is 3.05. The molecule has 0 bridgehead atoms. The Labute approximate surface area is 107 Å². The molecule has 5 heteroatoms. The normalized spacial score (nSPS) is 27.9. The molecule has 2 atom stereocenters. The summed E-state index contributed by atoms with van der Waals surface area (Å²) in [5.74, 6) is 2.18. The van der Waals surface area contributed by atoms with E-state index in [1.807, 2.05) is 11.8 Å². The predicted octanol–water partition coefficient (Wildman–Crippen LogP) is 1.05. The van der Waals surface area contributed by atoms with Crippen LogP contribution in [0.3, 0.4) is 0 Å². The summed E-state index contributed by atoms with van der Waals surface area (Å²) in [7, 11) is 0. The third-order valence-electron chi connectivity index (χ3n) is 4.15. The van der Waals surface area contributed by atoms with Crippen molar-refractivity contribution in [1.82, 2.24) is 15.4 Å². The van der Waals surface area contributed by atoms with Crippen molar-refractivity contribution in [2.45, 2.75) is 19.8 Å². The number of hydrogen-bond acceptors (Lipinski definition) is 4. The van der Waals surface area contributed by atoms with Gasteiger partial charge in [-0.25, -0.2) is 0 Å². The molecule has 0 aromatic carbocycles. The van der Waals surface area contributed by atoms with Crippen molar-refractivity contribution in [2.75, 3.05) is 26.2 Å². The molecule has 2 aliphatic rings. The van der Waals surface area contributed by atoms with E-state index in [1.54, 1.807) is 6.07 Å². The molecule has 98 valence electrons. The highest BCUT2D eigenvalue weighted by atomic mass is 16.5. The molecule has 1 N–H and O–H groups in total. The van der Waals surface area contributed by atoms with Crippen molar-refractivity contribution in [3.8, 4) is 0 Å². The smallest absolute Gasteiger partial charge is 0.276 e. The molecule has 18 heavy (non-hydrogen) atoms. The minimum atomic E-state index is 0.0137. The first-order chi connectivity index (χ1) is 8.74. The van der Waals surface area contributed by atoms with Crippen molar-refractivity contribution in [3.05, 3.63) is 17.5 Å². The van der Waals surface area contributed by atoms with E-state index in [1.165, 1.54) is 0 Å². The summed E-state index contributed by atoms with van der Waals surface area (Å²) >= 11 is 0. The lowest BCUT2D eigenvalue weighted by Gasteiger charge is -2.19. The third kappa shape index (κ3) is 2.14. The van der Waals surface area contributed by atoms with E-state index in [0.717, 1.165) is 50.9 Å². The van der Waals surface area contributed by atoms with Crippen LogP contribution in [0, 0.1) is 18.8 Å². The van der Waals surface area contributed by atoms with Gasteiger partial charge in [-0.3, -0.25) is 4.79 Å². The summed E-state index contributed by atoms with van der Waals surface area (Å²) in [5.41, 5.74) is 0.442. The van der Waals surface area contributed by atoms with Gasteiger partial charge < -0.3 is 14.7 Å².